The van der Waals surface area contributed by atoms with Gasteiger partial charge >= 0.3 is 6.03 Å². The monoisotopic (exact) mass is 935 g/mol. The maximum Gasteiger partial charge on any atom is 0.318 e. The van der Waals surface area contributed by atoms with Crippen molar-refractivity contribution in [2.75, 3.05) is 20.7 Å². The van der Waals surface area contributed by atoms with E-state index in [1.807, 2.05) is 36.4 Å². The van der Waals surface area contributed by atoms with Crippen LogP contribution in [0, 0.1) is 17.3 Å². The summed E-state index contributed by atoms with van der Waals surface area (Å²) in [7, 11) is -1.11. The number of ether oxygens (including phenoxy) is 2. The number of likely N-dealkylation sites (N-methyl/N-ethyl adjacent to an activating group) is 1. The summed E-state index contributed by atoms with van der Waals surface area (Å²) in [6.45, 7) is 9.07. The Hall–Kier alpha value is -6.49. The molecule has 356 valence electrons. The van der Waals surface area contributed by atoms with Crippen LogP contribution in [0.2, 0.25) is 0 Å². The van der Waals surface area contributed by atoms with Gasteiger partial charge in [-0.2, -0.15) is 0 Å². The molecular formula is C50H61N7O9S. The number of urea groups is 1. The highest BCUT2D eigenvalue weighted by atomic mass is 32.2. The van der Waals surface area contributed by atoms with Gasteiger partial charge in [-0.3, -0.25) is 23.9 Å². The Labute approximate surface area is 392 Å². The Balaban J connectivity index is 1.19. The number of carbonyl (C=O) groups is 5. The SMILES string of the molecule is C=CC1C[C@]1(NC(=O)[C@@H]1C[C@@H](Oc2cc(-c3ccccc3)nc3cc(OC)ccc23)CN1C(=O)NC(C(=O)N[C@H](C(=O)NC)C1CCCCC1)C(C)(C)C)C(=O)NS(=O)(=O)Cc1ccccc1. The van der Waals surface area contributed by atoms with E-state index in [4.69, 9.17) is 14.5 Å². The molecule has 2 aliphatic carbocycles. The zero-order chi connectivity index (χ0) is 48.1. The molecule has 2 heterocycles. The summed E-state index contributed by atoms with van der Waals surface area (Å²) in [5.41, 5.74) is -0.0505. The number of benzene rings is 3. The van der Waals surface area contributed by atoms with Crippen LogP contribution in [0.4, 0.5) is 4.79 Å². The van der Waals surface area contributed by atoms with Crippen molar-refractivity contribution >= 4 is 50.6 Å². The molecule has 5 N–H and O–H groups in total. The average molecular weight is 936 g/mol. The van der Waals surface area contributed by atoms with E-state index in [2.05, 4.69) is 32.6 Å². The lowest BCUT2D eigenvalue weighted by atomic mass is 9.82. The molecule has 17 heteroatoms. The number of aromatic nitrogens is 1. The smallest absolute Gasteiger partial charge is 0.318 e. The van der Waals surface area contributed by atoms with E-state index in [9.17, 15) is 32.4 Å². The molecular weight excluding hydrogens is 875 g/mol. The molecule has 67 heavy (non-hydrogen) atoms. The second-order valence-electron chi connectivity index (χ2n) is 18.8. The van der Waals surface area contributed by atoms with Gasteiger partial charge in [-0.15, -0.1) is 6.58 Å². The van der Waals surface area contributed by atoms with Crippen LogP contribution in [-0.4, -0.2) is 98.4 Å². The Morgan fingerprint density at radius 1 is 0.925 bits per heavy atom. The zero-order valence-corrected chi connectivity index (χ0v) is 39.5. The normalized spacial score (nSPS) is 21.6. The topological polar surface area (TPSA) is 214 Å². The van der Waals surface area contributed by atoms with E-state index in [0.717, 1.165) is 37.7 Å². The molecule has 6 atom stereocenters. The molecule has 3 aliphatic rings. The third-order valence-corrected chi connectivity index (χ3v) is 14.2. The van der Waals surface area contributed by atoms with Crippen molar-refractivity contribution in [2.45, 2.75) is 101 Å². The summed E-state index contributed by atoms with van der Waals surface area (Å²) in [5, 5.41) is 12.0. The van der Waals surface area contributed by atoms with Crippen LogP contribution in [0.5, 0.6) is 11.5 Å². The van der Waals surface area contributed by atoms with Crippen molar-refractivity contribution in [3.63, 3.8) is 0 Å². The first kappa shape index (κ1) is 48.4. The molecule has 0 spiro atoms. The highest BCUT2D eigenvalue weighted by Crippen LogP contribution is 2.45. The van der Waals surface area contributed by atoms with E-state index in [1.54, 1.807) is 76.4 Å². The fraction of sp³-hybridized carbons (Fsp3) is 0.440. The van der Waals surface area contributed by atoms with Crippen LogP contribution in [0.15, 0.2) is 97.6 Å². The number of rotatable bonds is 16. The molecule has 2 unspecified atom stereocenters. The van der Waals surface area contributed by atoms with Crippen molar-refractivity contribution in [2.24, 2.45) is 17.3 Å². The minimum absolute atomic E-state index is 0.0462. The fourth-order valence-corrected chi connectivity index (χ4v) is 10.4. The summed E-state index contributed by atoms with van der Waals surface area (Å²) >= 11 is 0. The maximum atomic E-state index is 14.7. The molecule has 16 nitrogen and oxygen atoms in total. The zero-order valence-electron chi connectivity index (χ0n) is 38.7. The first-order valence-electron chi connectivity index (χ1n) is 22.8. The predicted molar refractivity (Wildman–Crippen MR) is 254 cm³/mol. The van der Waals surface area contributed by atoms with Crippen LogP contribution >= 0.6 is 0 Å². The van der Waals surface area contributed by atoms with Crippen molar-refractivity contribution in [1.82, 2.24) is 35.9 Å². The van der Waals surface area contributed by atoms with E-state index >= 15 is 0 Å². The molecule has 1 aromatic heterocycles. The van der Waals surface area contributed by atoms with E-state index in [-0.39, 0.29) is 31.2 Å². The Morgan fingerprint density at radius 3 is 2.24 bits per heavy atom. The quantitative estimate of drug-likeness (QED) is 0.0906. The minimum Gasteiger partial charge on any atom is -0.497 e. The lowest BCUT2D eigenvalue weighted by molar-refractivity contribution is -0.132. The number of amides is 6. The summed E-state index contributed by atoms with van der Waals surface area (Å²) in [6, 6.07) is 21.1. The summed E-state index contributed by atoms with van der Waals surface area (Å²) in [4.78, 5) is 77.0. The molecule has 0 radical (unpaired) electrons. The number of hydrogen-bond donors (Lipinski definition) is 5. The molecule has 3 aromatic carbocycles. The van der Waals surface area contributed by atoms with E-state index in [1.165, 1.54) is 18.0 Å². The van der Waals surface area contributed by atoms with Crippen molar-refractivity contribution in [3.05, 3.63) is 103 Å². The van der Waals surface area contributed by atoms with Crippen molar-refractivity contribution < 1.29 is 41.9 Å². The molecule has 6 amide bonds. The highest BCUT2D eigenvalue weighted by molar-refractivity contribution is 7.89. The second kappa shape index (κ2) is 20.2. The third kappa shape index (κ3) is 11.2. The number of fused-ring (bicyclic) bond motifs is 1. The van der Waals surface area contributed by atoms with Gasteiger partial charge in [0.2, 0.25) is 27.7 Å². The lowest BCUT2D eigenvalue weighted by Gasteiger charge is -2.36. The fourth-order valence-electron chi connectivity index (χ4n) is 9.23. The number of methoxy groups -OCH3 is 1. The van der Waals surface area contributed by atoms with Gasteiger partial charge in [-0.1, -0.05) is 107 Å². The number of likely N-dealkylation sites (tertiary alicyclic amines) is 1. The van der Waals surface area contributed by atoms with Gasteiger partial charge in [0.25, 0.3) is 5.91 Å². The summed E-state index contributed by atoms with van der Waals surface area (Å²) in [6.07, 6.45) is 5.18. The summed E-state index contributed by atoms with van der Waals surface area (Å²) in [5.74, 6) is -2.68. The van der Waals surface area contributed by atoms with Crippen LogP contribution in [-0.2, 0) is 35.0 Å². The van der Waals surface area contributed by atoms with E-state index < -0.39 is 80.6 Å². The predicted octanol–water partition coefficient (Wildman–Crippen LogP) is 5.37. The average Bonchev–Trinajstić information content (AvgIpc) is 3.87. The second-order valence-corrected chi connectivity index (χ2v) is 20.6. The highest BCUT2D eigenvalue weighted by Gasteiger charge is 2.61. The van der Waals surface area contributed by atoms with Crippen LogP contribution in [0.3, 0.4) is 0 Å². The Kier molecular flexibility index (Phi) is 14.6. The molecule has 1 aliphatic heterocycles. The molecule has 1 saturated heterocycles. The first-order chi connectivity index (χ1) is 31.9. The maximum absolute atomic E-state index is 14.7. The van der Waals surface area contributed by atoms with Gasteiger partial charge in [0.1, 0.15) is 41.3 Å². The molecule has 3 fully saturated rings. The van der Waals surface area contributed by atoms with Crippen LogP contribution < -0.4 is 35.5 Å². The van der Waals surface area contributed by atoms with Gasteiger partial charge < -0.3 is 35.6 Å². The molecule has 0 bridgehead atoms. The Bertz CT molecular complexity index is 2600. The van der Waals surface area contributed by atoms with Gasteiger partial charge in [0, 0.05) is 42.5 Å². The van der Waals surface area contributed by atoms with Crippen molar-refractivity contribution in [3.8, 4) is 22.8 Å². The van der Waals surface area contributed by atoms with E-state index in [0.29, 0.717) is 33.7 Å². The number of sulfonamides is 1. The lowest BCUT2D eigenvalue weighted by Crippen LogP contribution is -2.62. The van der Waals surface area contributed by atoms with Gasteiger partial charge in [0.15, 0.2) is 0 Å². The molecule has 4 aromatic rings. The van der Waals surface area contributed by atoms with Gasteiger partial charge in [-0.05, 0) is 48.3 Å². The third-order valence-electron chi connectivity index (χ3n) is 13.0. The number of carbonyl (C=O) groups excluding carboxylic acids is 5. The number of nitrogens with zero attached hydrogens (tertiary/aromatic N) is 2. The van der Waals surface area contributed by atoms with Gasteiger partial charge in [0.05, 0.1) is 30.6 Å². The number of nitrogens with one attached hydrogen (secondary N) is 5. The summed E-state index contributed by atoms with van der Waals surface area (Å²) < 4.78 is 40.9. The number of pyridine rings is 1. The van der Waals surface area contributed by atoms with Crippen LogP contribution in [0.25, 0.3) is 22.2 Å². The minimum atomic E-state index is -4.19. The van der Waals surface area contributed by atoms with Gasteiger partial charge in [-0.25, -0.2) is 18.2 Å². The molecule has 7 rings (SSSR count). The Morgan fingerprint density at radius 2 is 1.61 bits per heavy atom. The van der Waals surface area contributed by atoms with Crippen molar-refractivity contribution in [1.29, 1.82) is 0 Å². The first-order valence-corrected chi connectivity index (χ1v) is 24.4. The largest absolute Gasteiger partial charge is 0.497 e. The van der Waals surface area contributed by atoms with Crippen LogP contribution in [0.1, 0.15) is 71.3 Å². The number of hydrogen-bond acceptors (Lipinski definition) is 10. The molecule has 2 saturated carbocycles. The standard InChI is InChI=1S/C50H61N7O9S/c1-7-34-28-50(34,47(61)56-67(63,64)30-31-17-11-8-12-18-31)55-44(58)40-26-36(66-41-27-38(32-19-13-9-14-20-32)52-39-25-35(65-6)23-24-37(39)41)29-57(40)48(62)54-43(49(2,3)4)46(60)53-42(45(59)51-5)33-21-15-10-16-22-33/h7-9,11-14,17-20,23-25,27,33-34,36,40,42-43H,1,10,15-16,21-22,26,28-30H2,2-6H3,(H,51,59)(H,53,60)(H,54,62)(H,55,58)(H,56,61)/t34?,36-,40+,42+,43?,50-/m1/s1.